The standard InChI is InChI=1S/C12H18N2O/c1-14-5-4-11(13-14)12(15)10-7-8-2-3-9(10)6-8/h4-5,8-10,12,15H,2-3,6-7H2,1H3. The van der Waals surface area contributed by atoms with Crippen LogP contribution in [0.25, 0.3) is 0 Å². The Labute approximate surface area is 90.1 Å². The Balaban J connectivity index is 1.77. The molecule has 0 aromatic carbocycles. The number of hydrogen-bond acceptors (Lipinski definition) is 2. The topological polar surface area (TPSA) is 38.0 Å². The van der Waals surface area contributed by atoms with Crippen LogP contribution in [0.4, 0.5) is 0 Å². The van der Waals surface area contributed by atoms with E-state index in [1.807, 2.05) is 19.3 Å². The fourth-order valence-corrected chi connectivity index (χ4v) is 3.49. The first-order valence-electron chi connectivity index (χ1n) is 5.91. The van der Waals surface area contributed by atoms with Crippen LogP contribution in [0.1, 0.15) is 37.5 Å². The van der Waals surface area contributed by atoms with Gasteiger partial charge in [0.05, 0.1) is 5.69 Å². The van der Waals surface area contributed by atoms with Crippen LogP contribution < -0.4 is 0 Å². The highest BCUT2D eigenvalue weighted by molar-refractivity contribution is 5.07. The van der Waals surface area contributed by atoms with Gasteiger partial charge in [-0.05, 0) is 43.1 Å². The van der Waals surface area contributed by atoms with E-state index in [1.165, 1.54) is 25.7 Å². The minimum absolute atomic E-state index is 0.332. The van der Waals surface area contributed by atoms with Crippen molar-refractivity contribution in [2.24, 2.45) is 24.8 Å². The number of aromatic nitrogens is 2. The van der Waals surface area contributed by atoms with Gasteiger partial charge in [-0.3, -0.25) is 4.68 Å². The predicted octanol–water partition coefficient (Wildman–Crippen LogP) is 1.89. The van der Waals surface area contributed by atoms with E-state index in [-0.39, 0.29) is 6.10 Å². The molecule has 15 heavy (non-hydrogen) atoms. The molecule has 1 N–H and O–H groups in total. The third kappa shape index (κ3) is 1.49. The van der Waals surface area contributed by atoms with Gasteiger partial charge in [-0.25, -0.2) is 0 Å². The molecule has 1 aromatic heterocycles. The summed E-state index contributed by atoms with van der Waals surface area (Å²) < 4.78 is 1.77. The summed E-state index contributed by atoms with van der Waals surface area (Å²) in [4.78, 5) is 0. The number of aliphatic hydroxyl groups is 1. The van der Waals surface area contributed by atoms with E-state index in [2.05, 4.69) is 5.10 Å². The summed E-state index contributed by atoms with van der Waals surface area (Å²) in [7, 11) is 1.90. The maximum atomic E-state index is 10.3. The number of hydrogen-bond donors (Lipinski definition) is 1. The first-order valence-corrected chi connectivity index (χ1v) is 5.91. The van der Waals surface area contributed by atoms with Gasteiger partial charge in [-0.2, -0.15) is 5.10 Å². The van der Waals surface area contributed by atoms with E-state index in [4.69, 9.17) is 0 Å². The second kappa shape index (κ2) is 3.34. The lowest BCUT2D eigenvalue weighted by atomic mass is 9.83. The molecular weight excluding hydrogens is 188 g/mol. The maximum absolute atomic E-state index is 10.3. The summed E-state index contributed by atoms with van der Waals surface area (Å²) in [6.07, 6.45) is 6.83. The number of nitrogens with zero attached hydrogens (tertiary/aromatic N) is 2. The highest BCUT2D eigenvalue weighted by atomic mass is 16.3. The van der Waals surface area contributed by atoms with Gasteiger partial charge < -0.3 is 5.11 Å². The predicted molar refractivity (Wildman–Crippen MR) is 57.1 cm³/mol. The zero-order chi connectivity index (χ0) is 10.4. The van der Waals surface area contributed by atoms with Gasteiger partial charge in [-0.15, -0.1) is 0 Å². The van der Waals surface area contributed by atoms with E-state index in [1.54, 1.807) is 4.68 Å². The van der Waals surface area contributed by atoms with Crippen LogP contribution in [0.15, 0.2) is 12.3 Å². The largest absolute Gasteiger partial charge is 0.386 e. The molecule has 1 aromatic rings. The van der Waals surface area contributed by atoms with Crippen LogP contribution >= 0.6 is 0 Å². The lowest BCUT2D eigenvalue weighted by Crippen LogP contribution is -2.19. The van der Waals surface area contributed by atoms with Gasteiger partial charge in [-0.1, -0.05) is 6.42 Å². The van der Waals surface area contributed by atoms with E-state index < -0.39 is 0 Å². The average molecular weight is 206 g/mol. The van der Waals surface area contributed by atoms with Crippen molar-refractivity contribution in [3.05, 3.63) is 18.0 Å². The maximum Gasteiger partial charge on any atom is 0.101 e. The SMILES string of the molecule is Cn1ccc(C(O)C2CC3CCC2C3)n1. The Morgan fingerprint density at radius 1 is 1.47 bits per heavy atom. The van der Waals surface area contributed by atoms with Crippen LogP contribution in [-0.4, -0.2) is 14.9 Å². The van der Waals surface area contributed by atoms with Gasteiger partial charge in [0, 0.05) is 13.2 Å². The van der Waals surface area contributed by atoms with Gasteiger partial charge in [0.15, 0.2) is 0 Å². The zero-order valence-electron chi connectivity index (χ0n) is 9.13. The van der Waals surface area contributed by atoms with Crippen molar-refractivity contribution in [2.75, 3.05) is 0 Å². The highest BCUT2D eigenvalue weighted by Crippen LogP contribution is 2.52. The lowest BCUT2D eigenvalue weighted by Gasteiger charge is -2.25. The molecule has 2 saturated carbocycles. The summed E-state index contributed by atoms with van der Waals surface area (Å²) in [6, 6.07) is 1.94. The van der Waals surface area contributed by atoms with Gasteiger partial charge >= 0.3 is 0 Å². The third-order valence-corrected chi connectivity index (χ3v) is 4.24. The molecule has 0 aliphatic heterocycles. The van der Waals surface area contributed by atoms with Crippen molar-refractivity contribution in [1.29, 1.82) is 0 Å². The molecule has 4 unspecified atom stereocenters. The monoisotopic (exact) mass is 206 g/mol. The number of fused-ring (bicyclic) bond motifs is 2. The molecule has 2 aliphatic rings. The van der Waals surface area contributed by atoms with Crippen molar-refractivity contribution in [3.63, 3.8) is 0 Å². The molecule has 0 amide bonds. The van der Waals surface area contributed by atoms with Crippen LogP contribution in [0, 0.1) is 17.8 Å². The number of aliphatic hydroxyl groups excluding tert-OH is 1. The zero-order valence-corrected chi connectivity index (χ0v) is 9.13. The van der Waals surface area contributed by atoms with E-state index >= 15 is 0 Å². The molecule has 2 aliphatic carbocycles. The van der Waals surface area contributed by atoms with Crippen LogP contribution in [-0.2, 0) is 7.05 Å². The molecule has 3 nitrogen and oxygen atoms in total. The molecular formula is C12H18N2O. The summed E-state index contributed by atoms with van der Waals surface area (Å²) in [6.45, 7) is 0. The molecule has 3 heteroatoms. The number of aryl methyl sites for hydroxylation is 1. The molecule has 3 rings (SSSR count). The molecule has 4 atom stereocenters. The Morgan fingerprint density at radius 2 is 2.33 bits per heavy atom. The van der Waals surface area contributed by atoms with Crippen molar-refractivity contribution in [1.82, 2.24) is 9.78 Å². The Morgan fingerprint density at radius 3 is 2.87 bits per heavy atom. The molecule has 1 heterocycles. The van der Waals surface area contributed by atoms with Crippen LogP contribution in [0.3, 0.4) is 0 Å². The molecule has 0 radical (unpaired) electrons. The average Bonchev–Trinajstić information content (AvgIpc) is 2.90. The first-order chi connectivity index (χ1) is 7.24. The van der Waals surface area contributed by atoms with Crippen molar-refractivity contribution in [3.8, 4) is 0 Å². The minimum Gasteiger partial charge on any atom is -0.386 e. The smallest absolute Gasteiger partial charge is 0.101 e. The summed E-state index contributed by atoms with van der Waals surface area (Å²) >= 11 is 0. The van der Waals surface area contributed by atoms with Crippen molar-refractivity contribution >= 4 is 0 Å². The van der Waals surface area contributed by atoms with E-state index in [0.29, 0.717) is 5.92 Å². The summed E-state index contributed by atoms with van der Waals surface area (Å²) in [5, 5.41) is 14.6. The van der Waals surface area contributed by atoms with Gasteiger partial charge in [0.2, 0.25) is 0 Å². The lowest BCUT2D eigenvalue weighted by molar-refractivity contribution is 0.0705. The van der Waals surface area contributed by atoms with Crippen LogP contribution in [0.2, 0.25) is 0 Å². The van der Waals surface area contributed by atoms with Crippen molar-refractivity contribution < 1.29 is 5.11 Å². The number of rotatable bonds is 2. The van der Waals surface area contributed by atoms with Crippen molar-refractivity contribution in [2.45, 2.75) is 31.8 Å². The molecule has 2 fully saturated rings. The summed E-state index contributed by atoms with van der Waals surface area (Å²) in [5.74, 6) is 2.11. The third-order valence-electron chi connectivity index (χ3n) is 4.24. The summed E-state index contributed by atoms with van der Waals surface area (Å²) in [5.41, 5.74) is 0.857. The fourth-order valence-electron chi connectivity index (χ4n) is 3.49. The fraction of sp³-hybridized carbons (Fsp3) is 0.750. The highest BCUT2D eigenvalue weighted by Gasteiger charge is 2.43. The van der Waals surface area contributed by atoms with Crippen LogP contribution in [0.5, 0.6) is 0 Å². The molecule has 0 spiro atoms. The molecule has 2 bridgehead atoms. The molecule has 0 saturated heterocycles. The van der Waals surface area contributed by atoms with Gasteiger partial charge in [0.25, 0.3) is 0 Å². The minimum atomic E-state index is -0.332. The Bertz CT molecular complexity index is 360. The first kappa shape index (κ1) is 9.40. The Kier molecular flexibility index (Phi) is 2.09. The Hall–Kier alpha value is -0.830. The quantitative estimate of drug-likeness (QED) is 0.802. The second-order valence-electron chi connectivity index (χ2n) is 5.20. The molecule has 82 valence electrons. The van der Waals surface area contributed by atoms with Gasteiger partial charge in [0.1, 0.15) is 6.10 Å². The van der Waals surface area contributed by atoms with E-state index in [0.717, 1.165) is 17.5 Å². The van der Waals surface area contributed by atoms with E-state index in [9.17, 15) is 5.11 Å². The second-order valence-corrected chi connectivity index (χ2v) is 5.20. The normalized spacial score (nSPS) is 36.0.